The highest BCUT2D eigenvalue weighted by Crippen LogP contribution is 2.25. The third-order valence-electron chi connectivity index (χ3n) is 3.56. The highest BCUT2D eigenvalue weighted by Gasteiger charge is 2.12. The van der Waals surface area contributed by atoms with Crippen molar-refractivity contribution in [3.8, 4) is 16.3 Å². The molecule has 0 fully saturated rings. The van der Waals surface area contributed by atoms with Crippen molar-refractivity contribution in [2.75, 3.05) is 5.32 Å². The van der Waals surface area contributed by atoms with E-state index in [1.165, 1.54) is 17.7 Å². The number of thiazole rings is 1. The van der Waals surface area contributed by atoms with Gasteiger partial charge < -0.3 is 5.32 Å². The number of carbonyl (C=O) groups is 1. The molecular weight excluding hydrogens is 334 g/mol. The summed E-state index contributed by atoms with van der Waals surface area (Å²) < 4.78 is 1.65. The molecule has 0 bridgehead atoms. The van der Waals surface area contributed by atoms with Crippen molar-refractivity contribution in [2.24, 2.45) is 0 Å². The summed E-state index contributed by atoms with van der Waals surface area (Å²) in [5.74, 6) is -0.173. The fourth-order valence-electron chi connectivity index (χ4n) is 2.33. The third-order valence-corrected chi connectivity index (χ3v) is 4.60. The summed E-state index contributed by atoms with van der Waals surface area (Å²) in [5, 5.41) is 7.78. The summed E-state index contributed by atoms with van der Waals surface area (Å²) in [6.45, 7) is 0. The topological polar surface area (TPSA) is 72.7 Å². The fraction of sp³-hybridized carbons (Fsp3) is 0. The maximum atomic E-state index is 12.4. The van der Waals surface area contributed by atoms with Crippen LogP contribution in [0, 0.1) is 0 Å². The van der Waals surface area contributed by atoms with Crippen molar-refractivity contribution in [3.63, 3.8) is 0 Å². The largest absolute Gasteiger partial charge is 0.321 e. The van der Waals surface area contributed by atoms with E-state index < -0.39 is 0 Å². The number of nitrogens with one attached hydrogen (secondary N) is 1. The monoisotopic (exact) mass is 347 g/mol. The van der Waals surface area contributed by atoms with Crippen LogP contribution in [0.15, 0.2) is 73.4 Å². The van der Waals surface area contributed by atoms with Crippen LogP contribution in [-0.4, -0.2) is 25.7 Å². The highest BCUT2D eigenvalue weighted by atomic mass is 32.1. The van der Waals surface area contributed by atoms with Crippen LogP contribution in [0.3, 0.4) is 0 Å². The van der Waals surface area contributed by atoms with Crippen LogP contribution in [-0.2, 0) is 0 Å². The Morgan fingerprint density at radius 2 is 1.84 bits per heavy atom. The predicted octanol–water partition coefficient (Wildman–Crippen LogP) is 3.64. The maximum Gasteiger partial charge on any atom is 0.267 e. The zero-order valence-corrected chi connectivity index (χ0v) is 13.9. The lowest BCUT2D eigenvalue weighted by Gasteiger charge is -2.05. The van der Waals surface area contributed by atoms with Crippen molar-refractivity contribution in [1.29, 1.82) is 0 Å². The molecule has 4 rings (SSSR count). The van der Waals surface area contributed by atoms with Crippen LogP contribution in [0.5, 0.6) is 0 Å². The van der Waals surface area contributed by atoms with Crippen LogP contribution in [0.1, 0.15) is 9.67 Å². The third kappa shape index (κ3) is 3.31. The second kappa shape index (κ2) is 6.66. The average Bonchev–Trinajstić information content (AvgIpc) is 3.35. The molecule has 7 heteroatoms. The van der Waals surface area contributed by atoms with Gasteiger partial charge in [-0.2, -0.15) is 5.10 Å². The molecule has 2 heterocycles. The molecule has 122 valence electrons. The number of rotatable bonds is 4. The minimum Gasteiger partial charge on any atom is -0.321 e. The lowest BCUT2D eigenvalue weighted by Crippen LogP contribution is -2.10. The minimum absolute atomic E-state index is 0.173. The number of carbonyl (C=O) groups excluding carboxylic acids is 1. The van der Waals surface area contributed by atoms with Crippen molar-refractivity contribution < 1.29 is 4.79 Å². The standard InChI is InChI=1S/C18H13N5OS/c24-17(16-10-20-18(25-16)13-4-2-1-3-5-13)22-14-6-8-15(9-7-14)23-12-19-11-21-23/h1-12H,(H,22,24). The molecule has 4 aromatic rings. The van der Waals surface area contributed by atoms with Crippen molar-refractivity contribution in [3.05, 3.63) is 78.3 Å². The molecule has 0 saturated heterocycles. The first kappa shape index (κ1) is 15.2. The number of nitrogens with zero attached hydrogens (tertiary/aromatic N) is 4. The van der Waals surface area contributed by atoms with E-state index in [0.717, 1.165) is 16.3 Å². The van der Waals surface area contributed by atoms with E-state index in [0.29, 0.717) is 10.6 Å². The lowest BCUT2D eigenvalue weighted by atomic mass is 10.2. The van der Waals surface area contributed by atoms with Gasteiger partial charge in [0.05, 0.1) is 11.9 Å². The van der Waals surface area contributed by atoms with E-state index in [1.54, 1.807) is 17.2 Å². The van der Waals surface area contributed by atoms with Crippen LogP contribution in [0.25, 0.3) is 16.3 Å². The van der Waals surface area contributed by atoms with E-state index in [4.69, 9.17) is 0 Å². The molecule has 6 nitrogen and oxygen atoms in total. The zero-order valence-electron chi connectivity index (χ0n) is 13.0. The Balaban J connectivity index is 1.48. The van der Waals surface area contributed by atoms with Crippen LogP contribution in [0.4, 0.5) is 5.69 Å². The van der Waals surface area contributed by atoms with E-state index in [1.807, 2.05) is 54.6 Å². The Morgan fingerprint density at radius 1 is 1.04 bits per heavy atom. The van der Waals surface area contributed by atoms with E-state index in [2.05, 4.69) is 20.4 Å². The molecule has 0 spiro atoms. The van der Waals surface area contributed by atoms with Crippen LogP contribution in [0.2, 0.25) is 0 Å². The summed E-state index contributed by atoms with van der Waals surface area (Å²) in [7, 11) is 0. The van der Waals surface area contributed by atoms with Gasteiger partial charge in [0.2, 0.25) is 0 Å². The molecule has 0 atom stereocenters. The second-order valence-electron chi connectivity index (χ2n) is 5.24. The first-order valence-electron chi connectivity index (χ1n) is 7.57. The highest BCUT2D eigenvalue weighted by molar-refractivity contribution is 7.17. The van der Waals surface area contributed by atoms with Gasteiger partial charge in [-0.15, -0.1) is 11.3 Å². The fourth-order valence-corrected chi connectivity index (χ4v) is 3.14. The first-order valence-corrected chi connectivity index (χ1v) is 8.39. The Kier molecular flexibility index (Phi) is 4.05. The lowest BCUT2D eigenvalue weighted by molar-refractivity contribution is 0.103. The second-order valence-corrected chi connectivity index (χ2v) is 6.27. The molecule has 0 saturated carbocycles. The van der Waals surface area contributed by atoms with Crippen molar-refractivity contribution in [1.82, 2.24) is 19.7 Å². The van der Waals surface area contributed by atoms with Gasteiger partial charge >= 0.3 is 0 Å². The number of hydrogen-bond acceptors (Lipinski definition) is 5. The van der Waals surface area contributed by atoms with Gasteiger partial charge in [0, 0.05) is 11.3 Å². The van der Waals surface area contributed by atoms with Gasteiger partial charge in [0.1, 0.15) is 22.5 Å². The van der Waals surface area contributed by atoms with Gasteiger partial charge in [-0.05, 0) is 24.3 Å². The summed E-state index contributed by atoms with van der Waals surface area (Å²) in [6.07, 6.45) is 4.70. The Labute approximate surface area is 147 Å². The Morgan fingerprint density at radius 3 is 2.56 bits per heavy atom. The van der Waals surface area contributed by atoms with Gasteiger partial charge in [0.25, 0.3) is 5.91 Å². The smallest absolute Gasteiger partial charge is 0.267 e. The van der Waals surface area contributed by atoms with E-state index in [-0.39, 0.29) is 5.91 Å². The predicted molar refractivity (Wildman–Crippen MR) is 96.9 cm³/mol. The Hall–Kier alpha value is -3.32. The molecule has 25 heavy (non-hydrogen) atoms. The normalized spacial score (nSPS) is 10.6. The molecule has 2 aromatic heterocycles. The van der Waals surface area contributed by atoms with Crippen molar-refractivity contribution in [2.45, 2.75) is 0 Å². The van der Waals surface area contributed by atoms with Crippen LogP contribution < -0.4 is 5.32 Å². The summed E-state index contributed by atoms with van der Waals surface area (Å²) in [6, 6.07) is 17.2. The van der Waals surface area contributed by atoms with Crippen molar-refractivity contribution >= 4 is 22.9 Å². The SMILES string of the molecule is O=C(Nc1ccc(-n2cncn2)cc1)c1cnc(-c2ccccc2)s1. The number of benzene rings is 2. The molecular formula is C18H13N5OS. The first-order chi connectivity index (χ1) is 12.3. The molecule has 0 aliphatic heterocycles. The zero-order chi connectivity index (χ0) is 17.1. The molecule has 0 aliphatic rings. The molecule has 1 amide bonds. The molecule has 0 radical (unpaired) electrons. The summed E-state index contributed by atoms with van der Waals surface area (Å²) >= 11 is 1.37. The van der Waals surface area contributed by atoms with E-state index >= 15 is 0 Å². The number of anilines is 1. The van der Waals surface area contributed by atoms with Gasteiger partial charge in [-0.1, -0.05) is 30.3 Å². The van der Waals surface area contributed by atoms with Gasteiger partial charge in [0.15, 0.2) is 0 Å². The molecule has 1 N–H and O–H groups in total. The van der Waals surface area contributed by atoms with Gasteiger partial charge in [-0.3, -0.25) is 4.79 Å². The maximum absolute atomic E-state index is 12.4. The van der Waals surface area contributed by atoms with E-state index in [9.17, 15) is 4.79 Å². The summed E-state index contributed by atoms with van der Waals surface area (Å²) in [5.41, 5.74) is 2.59. The molecule has 0 unspecified atom stereocenters. The van der Waals surface area contributed by atoms with Crippen LogP contribution >= 0.6 is 11.3 Å². The van der Waals surface area contributed by atoms with Gasteiger partial charge in [-0.25, -0.2) is 14.6 Å². The molecule has 0 aliphatic carbocycles. The minimum atomic E-state index is -0.173. The Bertz CT molecular complexity index is 978. The molecule has 2 aromatic carbocycles. The number of amides is 1. The average molecular weight is 347 g/mol. The number of aromatic nitrogens is 4. The summed E-state index contributed by atoms with van der Waals surface area (Å²) in [4.78, 5) is 21.2. The quantitative estimate of drug-likeness (QED) is 0.612. The number of hydrogen-bond donors (Lipinski definition) is 1.